The molecule has 0 heterocycles. The van der Waals surface area contributed by atoms with Crippen LogP contribution in [0.3, 0.4) is 0 Å². The molecule has 6 nitrogen and oxygen atoms in total. The molecule has 2 atom stereocenters. The minimum absolute atomic E-state index is 0.257. The van der Waals surface area contributed by atoms with Crippen LogP contribution >= 0.6 is 0 Å². The van der Waals surface area contributed by atoms with Crippen molar-refractivity contribution in [2.75, 3.05) is 17.9 Å². The van der Waals surface area contributed by atoms with E-state index in [0.29, 0.717) is 18.5 Å². The average molecular weight is 304 g/mol. The summed E-state index contributed by atoms with van der Waals surface area (Å²) in [5.41, 5.74) is 5.13. The van der Waals surface area contributed by atoms with Crippen LogP contribution in [0.25, 0.3) is 0 Å². The molecule has 1 amide bonds. The zero-order valence-corrected chi connectivity index (χ0v) is 12.6. The Morgan fingerprint density at radius 2 is 1.82 bits per heavy atom. The summed E-state index contributed by atoms with van der Waals surface area (Å²) in [5.74, 6) is -2.40. The highest BCUT2D eigenvalue weighted by molar-refractivity contribution is 5.95. The molecular formula is C16H20N2O4. The van der Waals surface area contributed by atoms with E-state index in [2.05, 4.69) is 10.8 Å². The number of amides is 1. The summed E-state index contributed by atoms with van der Waals surface area (Å²) in [5, 5.41) is 12.1. The summed E-state index contributed by atoms with van der Waals surface area (Å²) >= 11 is 0. The molecule has 0 spiro atoms. The largest absolute Gasteiger partial charge is 0.481 e. The van der Waals surface area contributed by atoms with E-state index in [1.807, 2.05) is 13.0 Å². The minimum atomic E-state index is -0.927. The van der Waals surface area contributed by atoms with Gasteiger partial charge < -0.3 is 10.4 Å². The third-order valence-corrected chi connectivity index (χ3v) is 3.77. The fourth-order valence-electron chi connectivity index (χ4n) is 2.59. The molecule has 0 bridgehead atoms. The number of carbonyl (C=O) groups is 2. The summed E-state index contributed by atoms with van der Waals surface area (Å²) in [6.45, 7) is 1.92. The Labute approximate surface area is 129 Å². The molecule has 0 radical (unpaired) electrons. The number of nitrogens with one attached hydrogen (secondary N) is 2. The molecule has 1 aromatic rings. The van der Waals surface area contributed by atoms with Crippen molar-refractivity contribution in [2.24, 2.45) is 11.8 Å². The maximum Gasteiger partial charge on any atom is 0.307 e. The summed E-state index contributed by atoms with van der Waals surface area (Å²) < 4.78 is 0. The molecule has 1 aliphatic carbocycles. The maximum absolute atomic E-state index is 12.4. The van der Waals surface area contributed by atoms with Gasteiger partial charge in [0, 0.05) is 5.69 Å². The molecule has 0 fully saturated rings. The molecular weight excluding hydrogens is 284 g/mol. The highest BCUT2D eigenvalue weighted by atomic mass is 16.6. The minimum Gasteiger partial charge on any atom is -0.481 e. The Hall–Kier alpha value is -2.34. The molecule has 0 saturated heterocycles. The van der Waals surface area contributed by atoms with Gasteiger partial charge in [-0.15, -0.1) is 0 Å². The Morgan fingerprint density at radius 1 is 1.18 bits per heavy atom. The van der Waals surface area contributed by atoms with E-state index in [1.165, 1.54) is 7.11 Å². The molecule has 0 saturated carbocycles. The first-order valence-electron chi connectivity index (χ1n) is 7.09. The summed E-state index contributed by atoms with van der Waals surface area (Å²) in [7, 11) is 1.51. The van der Waals surface area contributed by atoms with Gasteiger partial charge in [0.15, 0.2) is 0 Å². The molecule has 0 aliphatic heterocycles. The van der Waals surface area contributed by atoms with E-state index >= 15 is 0 Å². The summed E-state index contributed by atoms with van der Waals surface area (Å²) in [6, 6.07) is 7.00. The monoisotopic (exact) mass is 304 g/mol. The van der Waals surface area contributed by atoms with Crippen LogP contribution in [0.2, 0.25) is 0 Å². The van der Waals surface area contributed by atoms with Gasteiger partial charge >= 0.3 is 5.97 Å². The lowest BCUT2D eigenvalue weighted by atomic mass is 9.79. The second-order valence-corrected chi connectivity index (χ2v) is 5.41. The van der Waals surface area contributed by atoms with Gasteiger partial charge in [0.1, 0.15) is 0 Å². The van der Waals surface area contributed by atoms with Crippen LogP contribution < -0.4 is 10.8 Å². The lowest BCUT2D eigenvalue weighted by Gasteiger charge is -2.26. The molecule has 22 heavy (non-hydrogen) atoms. The van der Waals surface area contributed by atoms with Crippen molar-refractivity contribution in [3.05, 3.63) is 35.9 Å². The Morgan fingerprint density at radius 3 is 2.41 bits per heavy atom. The average Bonchev–Trinajstić information content (AvgIpc) is 2.49. The smallest absolute Gasteiger partial charge is 0.307 e. The zero-order valence-electron chi connectivity index (χ0n) is 12.6. The molecule has 2 rings (SSSR count). The van der Waals surface area contributed by atoms with E-state index in [1.54, 1.807) is 24.3 Å². The lowest BCUT2D eigenvalue weighted by molar-refractivity contribution is -0.146. The van der Waals surface area contributed by atoms with Crippen LogP contribution in [0.5, 0.6) is 0 Å². The number of carboxylic acid groups (broad SMARTS) is 1. The van der Waals surface area contributed by atoms with Crippen molar-refractivity contribution in [2.45, 2.75) is 19.8 Å². The van der Waals surface area contributed by atoms with Gasteiger partial charge in [-0.2, -0.15) is 0 Å². The van der Waals surface area contributed by atoms with Crippen molar-refractivity contribution in [1.82, 2.24) is 0 Å². The summed E-state index contributed by atoms with van der Waals surface area (Å²) in [4.78, 5) is 28.5. The van der Waals surface area contributed by atoms with Crippen LogP contribution in [0.4, 0.5) is 11.4 Å². The van der Waals surface area contributed by atoms with Crippen LogP contribution in [0.1, 0.15) is 19.8 Å². The third kappa shape index (κ3) is 3.85. The highest BCUT2D eigenvalue weighted by Crippen LogP contribution is 2.31. The van der Waals surface area contributed by atoms with Crippen molar-refractivity contribution in [3.63, 3.8) is 0 Å². The SMILES string of the molecule is CONc1ccc(NC(=O)C2CC(C)=CCC2C(=O)O)cc1. The normalized spacial score (nSPS) is 20.9. The molecule has 1 aromatic carbocycles. The Bertz CT molecular complexity index is 580. The molecule has 118 valence electrons. The first-order chi connectivity index (χ1) is 10.5. The first-order valence-corrected chi connectivity index (χ1v) is 7.09. The van der Waals surface area contributed by atoms with Crippen molar-refractivity contribution >= 4 is 23.3 Å². The maximum atomic E-state index is 12.4. The van der Waals surface area contributed by atoms with Gasteiger partial charge in [-0.1, -0.05) is 11.6 Å². The number of carboxylic acids is 1. The first kappa shape index (κ1) is 16.0. The van der Waals surface area contributed by atoms with Crippen LogP contribution in [-0.2, 0) is 14.4 Å². The molecule has 2 unspecified atom stereocenters. The van der Waals surface area contributed by atoms with E-state index in [4.69, 9.17) is 4.84 Å². The fourth-order valence-corrected chi connectivity index (χ4v) is 2.59. The number of hydrogen-bond acceptors (Lipinski definition) is 4. The van der Waals surface area contributed by atoms with E-state index < -0.39 is 17.8 Å². The Balaban J connectivity index is 2.06. The fraction of sp³-hybridized carbons (Fsp3) is 0.375. The van der Waals surface area contributed by atoms with Crippen molar-refractivity contribution in [3.8, 4) is 0 Å². The third-order valence-electron chi connectivity index (χ3n) is 3.77. The summed E-state index contributed by atoms with van der Waals surface area (Å²) in [6.07, 6.45) is 2.77. The van der Waals surface area contributed by atoms with Crippen LogP contribution in [-0.4, -0.2) is 24.1 Å². The van der Waals surface area contributed by atoms with Crippen LogP contribution in [0, 0.1) is 11.8 Å². The Kier molecular flexibility index (Phi) is 5.16. The quantitative estimate of drug-likeness (QED) is 0.575. The molecule has 0 aromatic heterocycles. The second kappa shape index (κ2) is 7.09. The second-order valence-electron chi connectivity index (χ2n) is 5.41. The molecule has 3 N–H and O–H groups in total. The van der Waals surface area contributed by atoms with Crippen LogP contribution in [0.15, 0.2) is 35.9 Å². The number of allylic oxidation sites excluding steroid dienone is 2. The van der Waals surface area contributed by atoms with Gasteiger partial charge in [0.2, 0.25) is 5.91 Å². The number of benzene rings is 1. The highest BCUT2D eigenvalue weighted by Gasteiger charge is 2.35. The van der Waals surface area contributed by atoms with Gasteiger partial charge in [0.05, 0.1) is 24.6 Å². The predicted octanol–water partition coefficient (Wildman–Crippen LogP) is 2.66. The van der Waals surface area contributed by atoms with Crippen molar-refractivity contribution in [1.29, 1.82) is 0 Å². The van der Waals surface area contributed by atoms with Gasteiger partial charge in [-0.3, -0.25) is 19.9 Å². The number of anilines is 2. The van der Waals surface area contributed by atoms with E-state index in [9.17, 15) is 14.7 Å². The number of carbonyl (C=O) groups excluding carboxylic acids is 1. The van der Waals surface area contributed by atoms with Crippen molar-refractivity contribution < 1.29 is 19.5 Å². The van der Waals surface area contributed by atoms with E-state index in [0.717, 1.165) is 11.3 Å². The topological polar surface area (TPSA) is 87.7 Å². The molecule has 1 aliphatic rings. The van der Waals surface area contributed by atoms with Gasteiger partial charge in [-0.25, -0.2) is 0 Å². The molecule has 6 heteroatoms. The standard InChI is InChI=1S/C16H20N2O4/c1-10-3-8-13(16(20)21)14(9-10)15(19)17-11-4-6-12(7-5-11)18-22-2/h3-7,13-14,18H,8-9H2,1-2H3,(H,17,19)(H,20,21). The van der Waals surface area contributed by atoms with E-state index in [-0.39, 0.29) is 5.91 Å². The predicted molar refractivity (Wildman–Crippen MR) is 83.3 cm³/mol. The van der Waals surface area contributed by atoms with Gasteiger partial charge in [0.25, 0.3) is 0 Å². The lowest BCUT2D eigenvalue weighted by Crippen LogP contribution is -2.35. The number of rotatable bonds is 5. The number of hydrogen-bond donors (Lipinski definition) is 3. The zero-order chi connectivity index (χ0) is 16.1. The number of aliphatic carboxylic acids is 1. The van der Waals surface area contributed by atoms with Gasteiger partial charge in [-0.05, 0) is 44.0 Å².